The summed E-state index contributed by atoms with van der Waals surface area (Å²) < 4.78 is 0. The molecule has 1 heterocycles. The van der Waals surface area contributed by atoms with E-state index in [-0.39, 0.29) is 5.91 Å². The summed E-state index contributed by atoms with van der Waals surface area (Å²) in [7, 11) is 0. The molecule has 27 heavy (non-hydrogen) atoms. The minimum atomic E-state index is -0.242. The highest BCUT2D eigenvalue weighted by molar-refractivity contribution is 6.03. The van der Waals surface area contributed by atoms with Crippen molar-refractivity contribution in [1.82, 2.24) is 9.97 Å². The van der Waals surface area contributed by atoms with Gasteiger partial charge in [0.05, 0.1) is 12.4 Å². The van der Waals surface area contributed by atoms with Crippen LogP contribution in [0.2, 0.25) is 0 Å². The van der Waals surface area contributed by atoms with E-state index in [2.05, 4.69) is 45.4 Å². The zero-order chi connectivity index (χ0) is 19.2. The first-order valence-corrected chi connectivity index (χ1v) is 9.86. The molecular formula is C21H29N5O. The van der Waals surface area contributed by atoms with Crippen molar-refractivity contribution < 1.29 is 4.79 Å². The van der Waals surface area contributed by atoms with Crippen molar-refractivity contribution in [3.8, 4) is 0 Å². The fourth-order valence-corrected chi connectivity index (χ4v) is 3.56. The molecule has 6 nitrogen and oxygen atoms in total. The van der Waals surface area contributed by atoms with E-state index in [4.69, 9.17) is 0 Å². The van der Waals surface area contributed by atoms with Crippen LogP contribution in [0.15, 0.2) is 30.6 Å². The third-order valence-corrected chi connectivity index (χ3v) is 5.18. The monoisotopic (exact) mass is 367 g/mol. The Morgan fingerprint density at radius 3 is 2.48 bits per heavy atom. The second-order valence-corrected chi connectivity index (χ2v) is 7.04. The Morgan fingerprint density at radius 2 is 1.89 bits per heavy atom. The fourth-order valence-electron chi connectivity index (χ4n) is 3.56. The first-order chi connectivity index (χ1) is 13.1. The Morgan fingerprint density at radius 1 is 1.15 bits per heavy atom. The van der Waals surface area contributed by atoms with Gasteiger partial charge in [0.15, 0.2) is 0 Å². The normalized spacial score (nSPS) is 14.2. The number of amides is 1. The molecule has 1 saturated carbocycles. The number of nitrogens with one attached hydrogen (secondary N) is 2. The summed E-state index contributed by atoms with van der Waals surface area (Å²) in [5.74, 6) is 0.492. The van der Waals surface area contributed by atoms with Crippen molar-refractivity contribution in [3.63, 3.8) is 0 Å². The maximum absolute atomic E-state index is 12.5. The van der Waals surface area contributed by atoms with Crippen LogP contribution >= 0.6 is 0 Å². The molecule has 1 aromatic carbocycles. The van der Waals surface area contributed by atoms with Gasteiger partial charge in [0.2, 0.25) is 0 Å². The highest BCUT2D eigenvalue weighted by Gasteiger charge is 2.16. The molecule has 1 aliphatic rings. The largest absolute Gasteiger partial charge is 0.372 e. The molecule has 2 N–H and O–H groups in total. The zero-order valence-electron chi connectivity index (χ0n) is 16.5. The van der Waals surface area contributed by atoms with Crippen molar-refractivity contribution >= 4 is 23.1 Å². The van der Waals surface area contributed by atoms with E-state index < -0.39 is 0 Å². The molecule has 0 radical (unpaired) electrons. The van der Waals surface area contributed by atoms with E-state index in [1.807, 2.05) is 19.1 Å². The van der Waals surface area contributed by atoms with Gasteiger partial charge in [0.25, 0.3) is 5.91 Å². The number of hydrogen-bond donors (Lipinski definition) is 2. The lowest BCUT2D eigenvalue weighted by molar-refractivity contribution is 0.102. The first kappa shape index (κ1) is 19.1. The van der Waals surface area contributed by atoms with Crippen molar-refractivity contribution in [1.29, 1.82) is 0 Å². The average molecular weight is 367 g/mol. The number of aryl methyl sites for hydroxylation is 1. The molecule has 0 unspecified atom stereocenters. The van der Waals surface area contributed by atoms with Gasteiger partial charge in [-0.3, -0.25) is 4.79 Å². The highest BCUT2D eigenvalue weighted by atomic mass is 16.1. The Hall–Kier alpha value is -2.63. The summed E-state index contributed by atoms with van der Waals surface area (Å²) in [6.45, 7) is 8.19. The lowest BCUT2D eigenvalue weighted by Gasteiger charge is -2.22. The number of hydrogen-bond acceptors (Lipinski definition) is 5. The summed E-state index contributed by atoms with van der Waals surface area (Å²) in [6, 6.07) is 6.56. The van der Waals surface area contributed by atoms with Crippen molar-refractivity contribution in [2.45, 2.75) is 52.5 Å². The van der Waals surface area contributed by atoms with E-state index in [1.54, 1.807) is 6.20 Å². The second-order valence-electron chi connectivity index (χ2n) is 7.04. The highest BCUT2D eigenvalue weighted by Crippen LogP contribution is 2.23. The van der Waals surface area contributed by atoms with Gasteiger partial charge >= 0.3 is 0 Å². The van der Waals surface area contributed by atoms with Gasteiger partial charge in [-0.15, -0.1) is 0 Å². The summed E-state index contributed by atoms with van der Waals surface area (Å²) >= 11 is 0. The maximum Gasteiger partial charge on any atom is 0.275 e. The van der Waals surface area contributed by atoms with Crippen LogP contribution in [0.4, 0.5) is 17.2 Å². The summed E-state index contributed by atoms with van der Waals surface area (Å²) in [5, 5.41) is 6.32. The van der Waals surface area contributed by atoms with Gasteiger partial charge in [-0.25, -0.2) is 9.97 Å². The van der Waals surface area contributed by atoms with Gasteiger partial charge < -0.3 is 15.5 Å². The predicted molar refractivity (Wildman–Crippen MR) is 111 cm³/mol. The smallest absolute Gasteiger partial charge is 0.275 e. The van der Waals surface area contributed by atoms with Gasteiger partial charge in [0, 0.05) is 30.5 Å². The van der Waals surface area contributed by atoms with Crippen LogP contribution in [0.25, 0.3) is 0 Å². The van der Waals surface area contributed by atoms with Gasteiger partial charge in [-0.05, 0) is 57.4 Å². The van der Waals surface area contributed by atoms with Crippen LogP contribution in [0, 0.1) is 6.92 Å². The van der Waals surface area contributed by atoms with Crippen LogP contribution < -0.4 is 15.5 Å². The van der Waals surface area contributed by atoms with E-state index in [0.717, 1.165) is 35.8 Å². The van der Waals surface area contributed by atoms with E-state index in [1.165, 1.54) is 31.9 Å². The summed E-state index contributed by atoms with van der Waals surface area (Å²) in [5.41, 5.74) is 3.31. The molecule has 144 valence electrons. The standard InChI is InChI=1S/C21H29N5O/c1-4-26(5-2)17-10-11-18(15(3)12-17)25-21(27)19-13-23-20(14-22-19)24-16-8-6-7-9-16/h10-14,16H,4-9H2,1-3H3,(H,23,24)(H,25,27). The predicted octanol–water partition coefficient (Wildman–Crippen LogP) is 4.24. The van der Waals surface area contributed by atoms with Crippen LogP contribution in [0.1, 0.15) is 55.6 Å². The van der Waals surface area contributed by atoms with E-state index >= 15 is 0 Å². The Bertz CT molecular complexity index is 765. The van der Waals surface area contributed by atoms with Crippen LogP contribution in [0.5, 0.6) is 0 Å². The first-order valence-electron chi connectivity index (χ1n) is 9.86. The zero-order valence-corrected chi connectivity index (χ0v) is 16.5. The van der Waals surface area contributed by atoms with Gasteiger partial charge in [-0.1, -0.05) is 12.8 Å². The molecule has 1 aliphatic carbocycles. The van der Waals surface area contributed by atoms with Crippen molar-refractivity contribution in [2.75, 3.05) is 28.6 Å². The molecule has 0 spiro atoms. The summed E-state index contributed by atoms with van der Waals surface area (Å²) in [6.07, 6.45) is 8.05. The van der Waals surface area contributed by atoms with Crippen LogP contribution in [0.3, 0.4) is 0 Å². The molecule has 3 rings (SSSR count). The third-order valence-electron chi connectivity index (χ3n) is 5.18. The molecule has 0 bridgehead atoms. The average Bonchev–Trinajstić information content (AvgIpc) is 3.18. The number of aromatic nitrogens is 2. The van der Waals surface area contributed by atoms with Crippen LogP contribution in [-0.2, 0) is 0 Å². The van der Waals surface area contributed by atoms with Crippen LogP contribution in [-0.4, -0.2) is 35.0 Å². The number of rotatable bonds is 7. The molecule has 2 aromatic rings. The SMILES string of the molecule is CCN(CC)c1ccc(NC(=O)c2cnc(NC3CCCC3)cn2)c(C)c1. The Kier molecular flexibility index (Phi) is 6.27. The third kappa shape index (κ3) is 4.76. The number of benzene rings is 1. The van der Waals surface area contributed by atoms with Gasteiger partial charge in [-0.2, -0.15) is 0 Å². The number of anilines is 3. The van der Waals surface area contributed by atoms with E-state index in [0.29, 0.717) is 11.7 Å². The number of nitrogens with zero attached hydrogens (tertiary/aromatic N) is 3. The number of carbonyl (C=O) groups excluding carboxylic acids is 1. The van der Waals surface area contributed by atoms with E-state index in [9.17, 15) is 4.79 Å². The molecule has 0 aliphatic heterocycles. The summed E-state index contributed by atoms with van der Waals surface area (Å²) in [4.78, 5) is 23.4. The second kappa shape index (κ2) is 8.84. The fraction of sp³-hybridized carbons (Fsp3) is 0.476. The molecule has 1 amide bonds. The van der Waals surface area contributed by atoms with Crippen molar-refractivity contribution in [2.24, 2.45) is 0 Å². The molecule has 1 aromatic heterocycles. The molecule has 0 saturated heterocycles. The lowest BCUT2D eigenvalue weighted by Crippen LogP contribution is -2.22. The minimum Gasteiger partial charge on any atom is -0.372 e. The Balaban J connectivity index is 1.64. The number of carbonyl (C=O) groups is 1. The Labute approximate surface area is 161 Å². The topological polar surface area (TPSA) is 70.2 Å². The quantitative estimate of drug-likeness (QED) is 0.766. The molecular weight excluding hydrogens is 338 g/mol. The minimum absolute atomic E-state index is 0.242. The lowest BCUT2D eigenvalue weighted by atomic mass is 10.1. The molecule has 1 fully saturated rings. The maximum atomic E-state index is 12.5. The van der Waals surface area contributed by atoms with Gasteiger partial charge in [0.1, 0.15) is 11.5 Å². The molecule has 6 heteroatoms. The van der Waals surface area contributed by atoms with Crippen molar-refractivity contribution in [3.05, 3.63) is 41.9 Å². The molecule has 0 atom stereocenters.